The largest absolute Gasteiger partial charge is 0.351 e. The van der Waals surface area contributed by atoms with Gasteiger partial charge in [0.1, 0.15) is 5.54 Å². The van der Waals surface area contributed by atoms with Crippen LogP contribution in [-0.2, 0) is 4.79 Å². The van der Waals surface area contributed by atoms with Gasteiger partial charge in [0.05, 0.1) is 0 Å². The normalized spacial score (nSPS) is 20.0. The first-order chi connectivity index (χ1) is 10.9. The highest BCUT2D eigenvalue weighted by Crippen LogP contribution is 2.25. The van der Waals surface area contributed by atoms with Crippen LogP contribution in [0, 0.1) is 5.92 Å². The van der Waals surface area contributed by atoms with E-state index in [2.05, 4.69) is 16.0 Å². The molecule has 0 heterocycles. The standard InChI is InChI=1S/C17H26N4O2.ClH/c1-17(2,15(22)20-14-10-6-7-12(14)11-18)21-16(23)19-13-8-4-3-5-9-13;/h3-5,8-9,12,14H,6-7,10-11,18H2,1-2H3,(H,20,22)(H2,19,21,23);1H. The van der Waals surface area contributed by atoms with Crippen LogP contribution in [0.4, 0.5) is 10.5 Å². The van der Waals surface area contributed by atoms with Gasteiger partial charge in [-0.3, -0.25) is 4.79 Å². The molecule has 0 spiro atoms. The molecule has 134 valence electrons. The third kappa shape index (κ3) is 5.39. The summed E-state index contributed by atoms with van der Waals surface area (Å²) in [6, 6.07) is 8.81. The molecule has 0 aliphatic heterocycles. The second kappa shape index (κ2) is 8.89. The molecule has 5 N–H and O–H groups in total. The zero-order chi connectivity index (χ0) is 16.9. The van der Waals surface area contributed by atoms with E-state index in [-0.39, 0.29) is 24.4 Å². The van der Waals surface area contributed by atoms with Crippen molar-refractivity contribution in [1.82, 2.24) is 10.6 Å². The van der Waals surface area contributed by atoms with Gasteiger partial charge in [0.25, 0.3) is 0 Å². The van der Waals surface area contributed by atoms with Crippen molar-refractivity contribution in [2.75, 3.05) is 11.9 Å². The molecule has 0 aromatic heterocycles. The van der Waals surface area contributed by atoms with Gasteiger partial charge in [-0.15, -0.1) is 12.4 Å². The van der Waals surface area contributed by atoms with E-state index < -0.39 is 11.6 Å². The van der Waals surface area contributed by atoms with Crippen LogP contribution >= 0.6 is 12.4 Å². The minimum atomic E-state index is -0.999. The molecule has 1 aliphatic carbocycles. The molecule has 1 fully saturated rings. The second-order valence-corrected chi connectivity index (χ2v) is 6.58. The van der Waals surface area contributed by atoms with Crippen LogP contribution < -0.4 is 21.7 Å². The molecule has 24 heavy (non-hydrogen) atoms. The third-order valence-electron chi connectivity index (χ3n) is 4.30. The molecule has 2 unspecified atom stereocenters. The Morgan fingerprint density at radius 3 is 2.50 bits per heavy atom. The maximum atomic E-state index is 12.5. The maximum absolute atomic E-state index is 12.5. The van der Waals surface area contributed by atoms with E-state index in [1.807, 2.05) is 18.2 Å². The lowest BCUT2D eigenvalue weighted by molar-refractivity contribution is -0.127. The Morgan fingerprint density at radius 2 is 1.88 bits per heavy atom. The summed E-state index contributed by atoms with van der Waals surface area (Å²) in [7, 11) is 0. The zero-order valence-corrected chi connectivity index (χ0v) is 15.0. The van der Waals surface area contributed by atoms with Gasteiger partial charge in [-0.1, -0.05) is 24.6 Å². The summed E-state index contributed by atoms with van der Waals surface area (Å²) in [5.41, 5.74) is 5.43. The number of urea groups is 1. The number of carbonyl (C=O) groups is 2. The highest BCUT2D eigenvalue weighted by Gasteiger charge is 2.34. The highest BCUT2D eigenvalue weighted by atomic mass is 35.5. The predicted molar refractivity (Wildman–Crippen MR) is 98.2 cm³/mol. The maximum Gasteiger partial charge on any atom is 0.320 e. The monoisotopic (exact) mass is 354 g/mol. The van der Waals surface area contributed by atoms with Crippen molar-refractivity contribution in [1.29, 1.82) is 0 Å². The molecule has 6 nitrogen and oxygen atoms in total. The fourth-order valence-electron chi connectivity index (χ4n) is 2.88. The van der Waals surface area contributed by atoms with Crippen LogP contribution in [0.5, 0.6) is 0 Å². The van der Waals surface area contributed by atoms with Crippen molar-refractivity contribution in [2.45, 2.75) is 44.7 Å². The summed E-state index contributed by atoms with van der Waals surface area (Å²) in [5, 5.41) is 8.46. The molecule has 3 amide bonds. The van der Waals surface area contributed by atoms with Gasteiger partial charge in [0.15, 0.2) is 0 Å². The molecule has 1 saturated carbocycles. The van der Waals surface area contributed by atoms with Gasteiger partial charge >= 0.3 is 6.03 Å². The van der Waals surface area contributed by atoms with E-state index in [9.17, 15) is 9.59 Å². The Labute approximate surface area is 149 Å². The van der Waals surface area contributed by atoms with Gasteiger partial charge in [-0.2, -0.15) is 0 Å². The number of nitrogens with two attached hydrogens (primary N) is 1. The van der Waals surface area contributed by atoms with E-state index in [1.54, 1.807) is 26.0 Å². The number of amides is 3. The van der Waals surface area contributed by atoms with Crippen LogP contribution in [0.1, 0.15) is 33.1 Å². The molecule has 1 aromatic carbocycles. The van der Waals surface area contributed by atoms with E-state index in [1.165, 1.54) is 0 Å². The predicted octanol–water partition coefficient (Wildman–Crippen LogP) is 2.25. The first-order valence-electron chi connectivity index (χ1n) is 8.07. The smallest absolute Gasteiger partial charge is 0.320 e. The fraction of sp³-hybridized carbons (Fsp3) is 0.529. The third-order valence-corrected chi connectivity index (χ3v) is 4.30. The molecule has 0 saturated heterocycles. The number of rotatable bonds is 5. The van der Waals surface area contributed by atoms with Crippen molar-refractivity contribution in [3.8, 4) is 0 Å². The fourth-order valence-corrected chi connectivity index (χ4v) is 2.88. The summed E-state index contributed by atoms with van der Waals surface area (Å²) >= 11 is 0. The zero-order valence-electron chi connectivity index (χ0n) is 14.2. The van der Waals surface area contributed by atoms with Crippen molar-refractivity contribution >= 4 is 30.0 Å². The number of hydrogen-bond acceptors (Lipinski definition) is 3. The lowest BCUT2D eigenvalue weighted by atomic mass is 10.0. The Morgan fingerprint density at radius 1 is 1.21 bits per heavy atom. The molecule has 2 rings (SSSR count). The topological polar surface area (TPSA) is 96.2 Å². The van der Waals surface area contributed by atoms with Gasteiger partial charge in [-0.05, 0) is 51.3 Å². The Balaban J connectivity index is 0.00000288. The number of nitrogens with one attached hydrogen (secondary N) is 3. The molecule has 1 aromatic rings. The average molecular weight is 355 g/mol. The van der Waals surface area contributed by atoms with E-state index in [4.69, 9.17) is 5.73 Å². The number of anilines is 1. The molecule has 0 radical (unpaired) electrons. The Bertz CT molecular complexity index is 551. The Kier molecular flexibility index (Phi) is 7.51. The first-order valence-corrected chi connectivity index (χ1v) is 8.07. The summed E-state index contributed by atoms with van der Waals surface area (Å²) < 4.78 is 0. The van der Waals surface area contributed by atoms with E-state index in [0.29, 0.717) is 18.2 Å². The quantitative estimate of drug-likeness (QED) is 0.653. The van der Waals surface area contributed by atoms with Gasteiger partial charge in [-0.25, -0.2) is 4.79 Å². The number of hydrogen-bond donors (Lipinski definition) is 4. The number of para-hydroxylation sites is 1. The highest BCUT2D eigenvalue weighted by molar-refractivity contribution is 5.95. The summed E-state index contributed by atoms with van der Waals surface area (Å²) in [6.45, 7) is 3.96. The number of halogens is 1. The van der Waals surface area contributed by atoms with Crippen LogP contribution in [-0.4, -0.2) is 30.1 Å². The van der Waals surface area contributed by atoms with Crippen molar-refractivity contribution in [3.05, 3.63) is 30.3 Å². The first kappa shape index (κ1) is 20.3. The molecule has 0 bridgehead atoms. The molecular formula is C17H27ClN4O2. The minimum absolute atomic E-state index is 0. The SMILES string of the molecule is CC(C)(NC(=O)Nc1ccccc1)C(=O)NC1CCCC1CN.Cl. The molecular weight excluding hydrogens is 328 g/mol. The Hall–Kier alpha value is -1.79. The van der Waals surface area contributed by atoms with E-state index >= 15 is 0 Å². The van der Waals surface area contributed by atoms with Gasteiger partial charge < -0.3 is 21.7 Å². The van der Waals surface area contributed by atoms with Gasteiger partial charge in [0, 0.05) is 11.7 Å². The minimum Gasteiger partial charge on any atom is -0.351 e. The van der Waals surface area contributed by atoms with Crippen molar-refractivity contribution in [2.24, 2.45) is 11.7 Å². The molecule has 2 atom stereocenters. The van der Waals surface area contributed by atoms with Crippen molar-refractivity contribution in [3.63, 3.8) is 0 Å². The van der Waals surface area contributed by atoms with Crippen LogP contribution in [0.25, 0.3) is 0 Å². The average Bonchev–Trinajstić information content (AvgIpc) is 2.94. The summed E-state index contributed by atoms with van der Waals surface area (Å²) in [4.78, 5) is 24.5. The molecule has 1 aliphatic rings. The van der Waals surface area contributed by atoms with Gasteiger partial charge in [0.2, 0.25) is 5.91 Å². The summed E-state index contributed by atoms with van der Waals surface area (Å²) in [5.74, 6) is 0.138. The second-order valence-electron chi connectivity index (χ2n) is 6.58. The number of carbonyl (C=O) groups excluding carboxylic acids is 2. The molecule has 7 heteroatoms. The van der Waals surface area contributed by atoms with Crippen molar-refractivity contribution < 1.29 is 9.59 Å². The summed E-state index contributed by atoms with van der Waals surface area (Å²) in [6.07, 6.45) is 3.07. The van der Waals surface area contributed by atoms with Crippen LogP contribution in [0.2, 0.25) is 0 Å². The van der Waals surface area contributed by atoms with Crippen LogP contribution in [0.15, 0.2) is 30.3 Å². The number of benzene rings is 1. The lowest BCUT2D eigenvalue weighted by Gasteiger charge is -2.29. The lowest BCUT2D eigenvalue weighted by Crippen LogP contribution is -2.58. The van der Waals surface area contributed by atoms with Crippen LogP contribution in [0.3, 0.4) is 0 Å². The van der Waals surface area contributed by atoms with E-state index in [0.717, 1.165) is 19.3 Å².